The third-order valence-electron chi connectivity index (χ3n) is 3.19. The quantitative estimate of drug-likeness (QED) is 0.749. The number of carbonyl (C=O) groups excluding carboxylic acids is 1. The molecule has 1 aliphatic rings. The number of nitrogens with one attached hydrogen (secondary N) is 2. The number of fused-ring (bicyclic) bond motifs is 1. The van der Waals surface area contributed by atoms with Crippen LogP contribution in [0.4, 0.5) is 17.1 Å². The van der Waals surface area contributed by atoms with Crippen LogP contribution in [0.1, 0.15) is 5.56 Å². The zero-order valence-corrected chi connectivity index (χ0v) is 11.8. The number of sulfonamides is 1. The molecule has 4 N–H and O–H groups in total. The maximum absolute atomic E-state index is 12.3. The molecule has 0 aromatic heterocycles. The Bertz CT molecular complexity index is 831. The molecule has 1 amide bonds. The molecule has 0 saturated heterocycles. The van der Waals surface area contributed by atoms with Crippen LogP contribution in [-0.2, 0) is 21.2 Å². The van der Waals surface area contributed by atoms with Crippen molar-refractivity contribution in [1.29, 1.82) is 0 Å². The van der Waals surface area contributed by atoms with Gasteiger partial charge in [0.05, 0.1) is 12.1 Å². The van der Waals surface area contributed by atoms with Gasteiger partial charge in [-0.05, 0) is 35.9 Å². The molecule has 0 radical (unpaired) electrons. The number of para-hydroxylation sites is 1. The minimum absolute atomic E-state index is 0.0275. The number of anilines is 3. The molecule has 108 valence electrons. The van der Waals surface area contributed by atoms with Gasteiger partial charge < -0.3 is 11.1 Å². The number of nitrogens with two attached hydrogens (primary N) is 1. The molecule has 0 spiro atoms. The third-order valence-corrected chi connectivity index (χ3v) is 4.65. The van der Waals surface area contributed by atoms with E-state index < -0.39 is 10.0 Å². The van der Waals surface area contributed by atoms with Crippen LogP contribution >= 0.6 is 0 Å². The number of nitrogen functional groups attached to an aromatic ring is 1. The summed E-state index contributed by atoms with van der Waals surface area (Å²) < 4.78 is 27.1. The van der Waals surface area contributed by atoms with E-state index in [9.17, 15) is 13.2 Å². The summed E-state index contributed by atoms with van der Waals surface area (Å²) in [5.74, 6) is -0.0997. The summed E-state index contributed by atoms with van der Waals surface area (Å²) in [6, 6.07) is 11.2. The zero-order chi connectivity index (χ0) is 15.0. The van der Waals surface area contributed by atoms with E-state index >= 15 is 0 Å². The Balaban J connectivity index is 1.92. The maximum atomic E-state index is 12.3. The number of rotatable bonds is 3. The minimum atomic E-state index is -3.76. The lowest BCUT2D eigenvalue weighted by molar-refractivity contribution is -0.115. The van der Waals surface area contributed by atoms with E-state index in [0.717, 1.165) is 5.56 Å². The molecule has 3 rings (SSSR count). The van der Waals surface area contributed by atoms with Crippen LogP contribution in [0, 0.1) is 0 Å². The predicted molar refractivity (Wildman–Crippen MR) is 80.4 cm³/mol. The van der Waals surface area contributed by atoms with Crippen molar-refractivity contribution < 1.29 is 13.2 Å². The molecule has 7 heteroatoms. The first kappa shape index (κ1) is 13.4. The van der Waals surface area contributed by atoms with Crippen LogP contribution in [-0.4, -0.2) is 14.3 Å². The molecule has 0 atom stereocenters. The average molecular weight is 303 g/mol. The van der Waals surface area contributed by atoms with Crippen molar-refractivity contribution in [1.82, 2.24) is 0 Å². The first-order valence-corrected chi connectivity index (χ1v) is 7.74. The highest BCUT2D eigenvalue weighted by molar-refractivity contribution is 7.92. The highest BCUT2D eigenvalue weighted by atomic mass is 32.2. The van der Waals surface area contributed by atoms with Gasteiger partial charge in [-0.3, -0.25) is 9.52 Å². The first-order chi connectivity index (χ1) is 9.95. The van der Waals surface area contributed by atoms with Crippen molar-refractivity contribution >= 4 is 33.0 Å². The molecule has 21 heavy (non-hydrogen) atoms. The van der Waals surface area contributed by atoms with Crippen molar-refractivity contribution in [3.8, 4) is 0 Å². The van der Waals surface area contributed by atoms with Crippen LogP contribution < -0.4 is 15.8 Å². The molecule has 6 nitrogen and oxygen atoms in total. The summed E-state index contributed by atoms with van der Waals surface area (Å²) in [6.45, 7) is 0. The van der Waals surface area contributed by atoms with Gasteiger partial charge in [0.15, 0.2) is 0 Å². The lowest BCUT2D eigenvalue weighted by atomic mass is 10.1. The molecule has 0 aliphatic carbocycles. The Kier molecular flexibility index (Phi) is 3.06. The lowest BCUT2D eigenvalue weighted by Gasteiger charge is -2.10. The minimum Gasteiger partial charge on any atom is -0.398 e. The van der Waals surface area contributed by atoms with E-state index in [0.29, 0.717) is 11.4 Å². The second kappa shape index (κ2) is 4.78. The van der Waals surface area contributed by atoms with E-state index in [1.54, 1.807) is 30.3 Å². The Hall–Kier alpha value is -2.54. The Morgan fingerprint density at radius 2 is 1.90 bits per heavy atom. The molecule has 2 aromatic carbocycles. The number of carbonyl (C=O) groups is 1. The average Bonchev–Trinajstić information content (AvgIpc) is 2.78. The van der Waals surface area contributed by atoms with E-state index in [2.05, 4.69) is 10.0 Å². The summed E-state index contributed by atoms with van der Waals surface area (Å²) in [5, 5.41) is 2.69. The topological polar surface area (TPSA) is 101 Å². The van der Waals surface area contributed by atoms with Crippen LogP contribution in [0.3, 0.4) is 0 Å². The van der Waals surface area contributed by atoms with Gasteiger partial charge in [-0.1, -0.05) is 12.1 Å². The molecule has 2 aromatic rings. The summed E-state index contributed by atoms with van der Waals surface area (Å²) in [6.07, 6.45) is 0.248. The Morgan fingerprint density at radius 1 is 1.14 bits per heavy atom. The fraction of sp³-hybridized carbons (Fsp3) is 0.0714. The molecule has 0 bridgehead atoms. The van der Waals surface area contributed by atoms with E-state index in [1.807, 2.05) is 0 Å². The van der Waals surface area contributed by atoms with E-state index in [-0.39, 0.29) is 22.9 Å². The number of hydrogen-bond donors (Lipinski definition) is 3. The lowest BCUT2D eigenvalue weighted by Crippen LogP contribution is -2.14. The fourth-order valence-corrected chi connectivity index (χ4v) is 3.41. The first-order valence-electron chi connectivity index (χ1n) is 6.26. The van der Waals surface area contributed by atoms with Gasteiger partial charge in [0, 0.05) is 11.4 Å². The number of hydrogen-bond acceptors (Lipinski definition) is 4. The fourth-order valence-electron chi connectivity index (χ4n) is 2.23. The second-order valence-corrected chi connectivity index (χ2v) is 6.39. The summed E-state index contributed by atoms with van der Waals surface area (Å²) in [7, 11) is -3.76. The zero-order valence-electron chi connectivity index (χ0n) is 11.0. The van der Waals surface area contributed by atoms with Crippen molar-refractivity contribution in [2.75, 3.05) is 15.8 Å². The SMILES string of the molecule is Nc1ccccc1S(=O)(=O)Nc1ccc2c(c1)CC(=O)N2. The van der Waals surface area contributed by atoms with Crippen LogP contribution in [0.2, 0.25) is 0 Å². The summed E-state index contributed by atoms with van der Waals surface area (Å²) in [4.78, 5) is 11.3. The Morgan fingerprint density at radius 3 is 2.67 bits per heavy atom. The van der Waals surface area contributed by atoms with Crippen molar-refractivity contribution in [3.05, 3.63) is 48.0 Å². The molecule has 0 fully saturated rings. The van der Waals surface area contributed by atoms with E-state index in [4.69, 9.17) is 5.73 Å². The van der Waals surface area contributed by atoms with Gasteiger partial charge in [0.1, 0.15) is 4.90 Å². The molecule has 1 heterocycles. The van der Waals surface area contributed by atoms with Gasteiger partial charge in [0.2, 0.25) is 5.91 Å². The van der Waals surface area contributed by atoms with Crippen LogP contribution in [0.25, 0.3) is 0 Å². The van der Waals surface area contributed by atoms with Gasteiger partial charge in [0.25, 0.3) is 10.0 Å². The van der Waals surface area contributed by atoms with Gasteiger partial charge in [-0.2, -0.15) is 0 Å². The smallest absolute Gasteiger partial charge is 0.263 e. The third kappa shape index (κ3) is 2.55. The number of benzene rings is 2. The van der Waals surface area contributed by atoms with Crippen LogP contribution in [0.15, 0.2) is 47.4 Å². The second-order valence-electron chi connectivity index (χ2n) is 4.74. The van der Waals surface area contributed by atoms with Gasteiger partial charge in [-0.15, -0.1) is 0 Å². The summed E-state index contributed by atoms with van der Waals surface area (Å²) >= 11 is 0. The Labute approximate surface area is 122 Å². The monoisotopic (exact) mass is 303 g/mol. The van der Waals surface area contributed by atoms with Gasteiger partial charge >= 0.3 is 0 Å². The largest absolute Gasteiger partial charge is 0.398 e. The van der Waals surface area contributed by atoms with Crippen molar-refractivity contribution in [2.45, 2.75) is 11.3 Å². The van der Waals surface area contributed by atoms with Crippen molar-refractivity contribution in [3.63, 3.8) is 0 Å². The molecule has 1 aliphatic heterocycles. The van der Waals surface area contributed by atoms with Crippen LogP contribution in [0.5, 0.6) is 0 Å². The summed E-state index contributed by atoms with van der Waals surface area (Å²) in [5.41, 5.74) is 7.75. The van der Waals surface area contributed by atoms with Gasteiger partial charge in [-0.25, -0.2) is 8.42 Å². The standard InChI is InChI=1S/C14H13N3O3S/c15-11-3-1-2-4-13(11)21(19,20)17-10-5-6-12-9(7-10)8-14(18)16-12/h1-7,17H,8,15H2,(H,16,18). The molecule has 0 unspecified atom stereocenters. The predicted octanol–water partition coefficient (Wildman–Crippen LogP) is 1.56. The van der Waals surface area contributed by atoms with Crippen molar-refractivity contribution in [2.24, 2.45) is 0 Å². The number of amides is 1. The molecular formula is C14H13N3O3S. The molecule has 0 saturated carbocycles. The molecular weight excluding hydrogens is 290 g/mol. The highest BCUT2D eigenvalue weighted by Crippen LogP contribution is 2.28. The van der Waals surface area contributed by atoms with E-state index in [1.165, 1.54) is 12.1 Å². The maximum Gasteiger partial charge on any atom is 0.263 e. The highest BCUT2D eigenvalue weighted by Gasteiger charge is 2.20. The normalized spacial score (nSPS) is 13.6.